The summed E-state index contributed by atoms with van der Waals surface area (Å²) in [5, 5.41) is 0. The first kappa shape index (κ1) is 33.6. The SMILES string of the molecule is Cc1ccc(C(C(C)(C)CC(C)(C)C)C(C)(C)OC(C)(C)C(c2ccc(C)cc2)C(C)(C)CC(C)(C)C)cc1. The zero-order valence-corrected chi connectivity index (χ0v) is 28.6. The van der Waals surface area contributed by atoms with Crippen LogP contribution in [0.1, 0.15) is 144 Å². The summed E-state index contributed by atoms with van der Waals surface area (Å²) in [4.78, 5) is 0. The zero-order chi connectivity index (χ0) is 30.2. The molecule has 0 amide bonds. The minimum absolute atomic E-state index is 0.0351. The van der Waals surface area contributed by atoms with Crippen molar-refractivity contribution < 1.29 is 4.74 Å². The summed E-state index contributed by atoms with van der Waals surface area (Å²) >= 11 is 0. The van der Waals surface area contributed by atoms with Gasteiger partial charge in [-0.05, 0) is 87.2 Å². The number of hydrogen-bond donors (Lipinski definition) is 0. The average Bonchev–Trinajstić information content (AvgIpc) is 2.65. The molecule has 39 heavy (non-hydrogen) atoms. The molecule has 1 nitrogen and oxygen atoms in total. The molecule has 2 unspecified atom stereocenters. The lowest BCUT2D eigenvalue weighted by Crippen LogP contribution is -2.51. The van der Waals surface area contributed by atoms with Crippen LogP contribution in [0.25, 0.3) is 0 Å². The van der Waals surface area contributed by atoms with Gasteiger partial charge in [-0.25, -0.2) is 0 Å². The molecular weight excluding hydrogens is 472 g/mol. The van der Waals surface area contributed by atoms with Gasteiger partial charge in [-0.3, -0.25) is 0 Å². The van der Waals surface area contributed by atoms with E-state index in [4.69, 9.17) is 4.74 Å². The van der Waals surface area contributed by atoms with Crippen LogP contribution in [0.4, 0.5) is 0 Å². The Labute approximate surface area is 243 Å². The van der Waals surface area contributed by atoms with Gasteiger partial charge in [0.05, 0.1) is 11.2 Å². The fraction of sp³-hybridized carbons (Fsp3) is 0.684. The van der Waals surface area contributed by atoms with Gasteiger partial charge in [0.15, 0.2) is 0 Å². The molecule has 0 aromatic heterocycles. The molecule has 0 heterocycles. The van der Waals surface area contributed by atoms with Gasteiger partial charge in [-0.1, -0.05) is 129 Å². The maximum Gasteiger partial charge on any atom is 0.0707 e. The van der Waals surface area contributed by atoms with Gasteiger partial charge in [0.1, 0.15) is 0 Å². The van der Waals surface area contributed by atoms with Gasteiger partial charge >= 0.3 is 0 Å². The van der Waals surface area contributed by atoms with Crippen molar-refractivity contribution in [2.75, 3.05) is 0 Å². The normalized spacial score (nSPS) is 15.8. The Bertz CT molecular complexity index is 962. The standard InChI is InChI=1S/C38H62O/c1-27-17-21-29(22-18-27)31(35(9,10)25-33(3,4)5)37(13,14)39-38(15,16)32(30-23-19-28(2)20-24-30)36(11,12)26-34(6,7)8/h17-24,31-32H,25-26H2,1-16H3. The van der Waals surface area contributed by atoms with E-state index in [0.29, 0.717) is 0 Å². The van der Waals surface area contributed by atoms with Crippen molar-refractivity contribution in [2.45, 2.75) is 147 Å². The van der Waals surface area contributed by atoms with Crippen molar-refractivity contribution in [1.29, 1.82) is 0 Å². The molecule has 2 rings (SSSR count). The van der Waals surface area contributed by atoms with Gasteiger partial charge in [0.25, 0.3) is 0 Å². The van der Waals surface area contributed by atoms with E-state index in [2.05, 4.69) is 159 Å². The van der Waals surface area contributed by atoms with Crippen molar-refractivity contribution in [2.24, 2.45) is 21.7 Å². The fourth-order valence-corrected chi connectivity index (χ4v) is 8.84. The fourth-order valence-electron chi connectivity index (χ4n) is 8.84. The third-order valence-corrected chi connectivity index (χ3v) is 8.27. The maximum atomic E-state index is 7.52. The van der Waals surface area contributed by atoms with Gasteiger partial charge < -0.3 is 4.74 Å². The highest BCUT2D eigenvalue weighted by Gasteiger charge is 2.51. The molecule has 0 aliphatic rings. The van der Waals surface area contributed by atoms with Crippen LogP contribution in [0, 0.1) is 35.5 Å². The minimum Gasteiger partial charge on any atom is -0.368 e. The molecule has 0 bridgehead atoms. The molecule has 2 aromatic rings. The van der Waals surface area contributed by atoms with E-state index in [1.807, 2.05) is 0 Å². The molecular formula is C38H62O. The van der Waals surface area contributed by atoms with E-state index in [-0.39, 0.29) is 33.5 Å². The van der Waals surface area contributed by atoms with Crippen LogP contribution in [0.2, 0.25) is 0 Å². The van der Waals surface area contributed by atoms with Crippen LogP contribution < -0.4 is 0 Å². The average molecular weight is 535 g/mol. The molecule has 1 heteroatoms. The Morgan fingerprint density at radius 3 is 0.949 bits per heavy atom. The summed E-state index contributed by atoms with van der Waals surface area (Å²) in [5.74, 6) is 0.460. The molecule has 0 saturated heterocycles. The summed E-state index contributed by atoms with van der Waals surface area (Å²) in [6.45, 7) is 37.7. The van der Waals surface area contributed by atoms with Crippen LogP contribution in [-0.2, 0) is 4.74 Å². The predicted molar refractivity (Wildman–Crippen MR) is 173 cm³/mol. The maximum absolute atomic E-state index is 7.52. The molecule has 220 valence electrons. The number of rotatable bonds is 10. The molecule has 0 fully saturated rings. The van der Waals surface area contributed by atoms with Gasteiger partial charge in [0.2, 0.25) is 0 Å². The first-order valence-corrected chi connectivity index (χ1v) is 15.2. The summed E-state index contributed by atoms with van der Waals surface area (Å²) in [6, 6.07) is 18.4. The monoisotopic (exact) mass is 534 g/mol. The second-order valence-electron chi connectivity index (χ2n) is 17.4. The minimum atomic E-state index is -0.395. The summed E-state index contributed by atoms with van der Waals surface area (Å²) in [5.41, 5.74) is 5.06. The lowest BCUT2D eigenvalue weighted by atomic mass is 9.60. The number of benzene rings is 2. The number of ether oxygens (including phenoxy) is 1. The molecule has 0 aliphatic carbocycles. The van der Waals surface area contributed by atoms with Crippen LogP contribution in [0.5, 0.6) is 0 Å². The highest BCUT2D eigenvalue weighted by molar-refractivity contribution is 5.31. The highest BCUT2D eigenvalue weighted by Crippen LogP contribution is 2.55. The van der Waals surface area contributed by atoms with Crippen molar-refractivity contribution in [1.82, 2.24) is 0 Å². The second-order valence-corrected chi connectivity index (χ2v) is 17.4. The second kappa shape index (κ2) is 11.3. The van der Waals surface area contributed by atoms with Crippen LogP contribution in [0.3, 0.4) is 0 Å². The van der Waals surface area contributed by atoms with E-state index in [1.165, 1.54) is 22.3 Å². The smallest absolute Gasteiger partial charge is 0.0707 e. The highest BCUT2D eigenvalue weighted by atomic mass is 16.5. The van der Waals surface area contributed by atoms with Gasteiger partial charge in [-0.2, -0.15) is 0 Å². The van der Waals surface area contributed by atoms with Crippen molar-refractivity contribution in [3.05, 3.63) is 70.8 Å². The topological polar surface area (TPSA) is 9.23 Å². The van der Waals surface area contributed by atoms with Crippen molar-refractivity contribution >= 4 is 0 Å². The molecule has 0 aliphatic heterocycles. The van der Waals surface area contributed by atoms with E-state index in [1.54, 1.807) is 0 Å². The number of hydrogen-bond acceptors (Lipinski definition) is 1. The van der Waals surface area contributed by atoms with Crippen LogP contribution in [0.15, 0.2) is 48.5 Å². The molecule has 0 radical (unpaired) electrons. The largest absolute Gasteiger partial charge is 0.368 e. The van der Waals surface area contributed by atoms with E-state index >= 15 is 0 Å². The quantitative estimate of drug-likeness (QED) is 0.294. The Morgan fingerprint density at radius 2 is 0.718 bits per heavy atom. The zero-order valence-electron chi connectivity index (χ0n) is 28.6. The lowest BCUT2D eigenvalue weighted by molar-refractivity contribution is -0.176. The van der Waals surface area contributed by atoms with Gasteiger partial charge in [0, 0.05) is 11.8 Å². The predicted octanol–water partition coefficient (Wildman–Crippen LogP) is 11.7. The van der Waals surface area contributed by atoms with E-state index in [0.717, 1.165) is 12.8 Å². The lowest BCUT2D eigenvalue weighted by Gasteiger charge is -2.53. The third-order valence-electron chi connectivity index (χ3n) is 8.27. The summed E-state index contributed by atoms with van der Waals surface area (Å²) in [7, 11) is 0. The number of aryl methyl sites for hydroxylation is 2. The first-order chi connectivity index (χ1) is 17.4. The van der Waals surface area contributed by atoms with Crippen LogP contribution in [-0.4, -0.2) is 11.2 Å². The third kappa shape index (κ3) is 9.21. The Morgan fingerprint density at radius 1 is 0.462 bits per heavy atom. The summed E-state index contributed by atoms with van der Waals surface area (Å²) in [6.07, 6.45) is 2.23. The molecule has 0 N–H and O–H groups in total. The molecule has 2 aromatic carbocycles. The van der Waals surface area contributed by atoms with Crippen molar-refractivity contribution in [3.8, 4) is 0 Å². The molecule has 2 atom stereocenters. The van der Waals surface area contributed by atoms with Crippen LogP contribution >= 0.6 is 0 Å². The Kier molecular flexibility index (Phi) is 9.78. The van der Waals surface area contributed by atoms with Gasteiger partial charge in [-0.15, -0.1) is 0 Å². The van der Waals surface area contributed by atoms with E-state index in [9.17, 15) is 0 Å². The Hall–Kier alpha value is -1.60. The summed E-state index contributed by atoms with van der Waals surface area (Å²) < 4.78 is 7.52. The van der Waals surface area contributed by atoms with E-state index < -0.39 is 11.2 Å². The molecule has 0 spiro atoms. The first-order valence-electron chi connectivity index (χ1n) is 15.2. The van der Waals surface area contributed by atoms with Crippen molar-refractivity contribution in [3.63, 3.8) is 0 Å². The molecule has 0 saturated carbocycles. The Balaban J connectivity index is 2.67.